The average molecular weight is 300 g/mol. The summed E-state index contributed by atoms with van der Waals surface area (Å²) < 4.78 is 34.1. The van der Waals surface area contributed by atoms with Crippen LogP contribution in [0.3, 0.4) is 0 Å². The number of hydrogen-bond acceptors (Lipinski definition) is 4. The van der Waals surface area contributed by atoms with Crippen molar-refractivity contribution in [2.24, 2.45) is 0 Å². The summed E-state index contributed by atoms with van der Waals surface area (Å²) in [5.41, 5.74) is 0.494. The summed E-state index contributed by atoms with van der Waals surface area (Å²) in [4.78, 5) is 7.87. The van der Waals surface area contributed by atoms with E-state index in [0.29, 0.717) is 17.4 Å². The van der Waals surface area contributed by atoms with Gasteiger partial charge in [-0.15, -0.1) is 6.58 Å². The zero-order chi connectivity index (χ0) is 14.5. The fourth-order valence-electron chi connectivity index (χ4n) is 1.90. The van der Waals surface area contributed by atoms with Gasteiger partial charge in [-0.1, -0.05) is 42.5 Å². The number of fused-ring (bicyclic) bond motifs is 1. The number of carbonyl (C=O) groups excluding carboxylic acids is 1. The van der Waals surface area contributed by atoms with Gasteiger partial charge in [0.15, 0.2) is 0 Å². The van der Waals surface area contributed by atoms with Gasteiger partial charge in [-0.2, -0.15) is 0 Å². The molecule has 2 aromatic rings. The Morgan fingerprint density at radius 3 is 2.25 bits per heavy atom. The molecule has 0 amide bonds. The first kappa shape index (κ1) is 19.0. The Labute approximate surface area is 140 Å². The van der Waals surface area contributed by atoms with Crippen LogP contribution in [0.2, 0.25) is 0 Å². The van der Waals surface area contributed by atoms with Crippen LogP contribution in [0, 0.1) is 0 Å². The minimum absolute atomic E-state index is 0. The molecule has 0 saturated carbocycles. The molecule has 0 bridgehead atoms. The molecule has 2 rings (SSSR count). The molecule has 0 N–H and O–H groups in total. The SMILES string of the molecule is C=CCc1ccc2ccccc2c1S(=O)(=O)[O-].C=O.[Na+]. The molecular formula is C14H13NaO4S. The van der Waals surface area contributed by atoms with Crippen LogP contribution >= 0.6 is 0 Å². The number of rotatable bonds is 3. The molecule has 0 aliphatic heterocycles. The molecule has 4 nitrogen and oxygen atoms in total. The van der Waals surface area contributed by atoms with Crippen LogP contribution in [0.4, 0.5) is 0 Å². The van der Waals surface area contributed by atoms with Crippen molar-refractivity contribution >= 4 is 27.7 Å². The summed E-state index contributed by atoms with van der Waals surface area (Å²) in [7, 11) is -4.48. The number of carbonyl (C=O) groups is 1. The Hall–Kier alpha value is -0.980. The monoisotopic (exact) mass is 300 g/mol. The third-order valence-corrected chi connectivity index (χ3v) is 3.56. The molecule has 0 aromatic heterocycles. The number of hydrogen-bond donors (Lipinski definition) is 0. The minimum atomic E-state index is -4.48. The number of allylic oxidation sites excluding steroid dienone is 1. The molecule has 0 radical (unpaired) electrons. The van der Waals surface area contributed by atoms with Gasteiger partial charge in [0.05, 0.1) is 4.90 Å². The van der Waals surface area contributed by atoms with Gasteiger partial charge < -0.3 is 9.35 Å². The van der Waals surface area contributed by atoms with Crippen molar-refractivity contribution in [3.8, 4) is 0 Å². The Bertz CT molecular complexity index is 695. The van der Waals surface area contributed by atoms with E-state index in [1.54, 1.807) is 36.4 Å². The van der Waals surface area contributed by atoms with Crippen molar-refractivity contribution in [3.63, 3.8) is 0 Å². The van der Waals surface area contributed by atoms with Crippen LogP contribution in [0.1, 0.15) is 5.56 Å². The second kappa shape index (κ2) is 8.34. The molecule has 0 saturated heterocycles. The van der Waals surface area contributed by atoms with Gasteiger partial charge in [0.25, 0.3) is 0 Å². The second-order valence-electron chi connectivity index (χ2n) is 3.72. The maximum Gasteiger partial charge on any atom is 1.00 e. The quantitative estimate of drug-likeness (QED) is 0.426. The zero-order valence-corrected chi connectivity index (χ0v) is 14.0. The van der Waals surface area contributed by atoms with Crippen LogP contribution in [0.15, 0.2) is 53.9 Å². The van der Waals surface area contributed by atoms with E-state index in [4.69, 9.17) is 4.79 Å². The van der Waals surface area contributed by atoms with Gasteiger partial charge in [-0.05, 0) is 22.8 Å². The minimum Gasteiger partial charge on any atom is -0.744 e. The van der Waals surface area contributed by atoms with Gasteiger partial charge in [0.2, 0.25) is 0 Å². The summed E-state index contributed by atoms with van der Waals surface area (Å²) in [6, 6.07) is 10.4. The zero-order valence-electron chi connectivity index (χ0n) is 11.2. The second-order valence-corrected chi connectivity index (χ2v) is 5.04. The van der Waals surface area contributed by atoms with E-state index < -0.39 is 10.1 Å². The van der Waals surface area contributed by atoms with Crippen molar-refractivity contribution in [1.29, 1.82) is 0 Å². The van der Waals surface area contributed by atoms with E-state index in [9.17, 15) is 13.0 Å². The molecule has 0 atom stereocenters. The Morgan fingerprint density at radius 1 is 1.10 bits per heavy atom. The molecule has 0 fully saturated rings. The first-order chi connectivity index (χ1) is 9.04. The predicted octanol–water partition coefficient (Wildman–Crippen LogP) is -0.708. The fraction of sp³-hybridized carbons (Fsp3) is 0.0714. The summed E-state index contributed by atoms with van der Waals surface area (Å²) in [6.07, 6.45) is 1.94. The van der Waals surface area contributed by atoms with E-state index in [0.717, 1.165) is 5.39 Å². The van der Waals surface area contributed by atoms with Crippen molar-refractivity contribution in [2.45, 2.75) is 11.3 Å². The Morgan fingerprint density at radius 2 is 1.70 bits per heavy atom. The Balaban J connectivity index is 0.00000115. The van der Waals surface area contributed by atoms with Gasteiger partial charge in [0, 0.05) is 0 Å². The van der Waals surface area contributed by atoms with Crippen LogP contribution in [-0.4, -0.2) is 19.8 Å². The van der Waals surface area contributed by atoms with Gasteiger partial charge >= 0.3 is 29.6 Å². The average Bonchev–Trinajstić information content (AvgIpc) is 2.39. The van der Waals surface area contributed by atoms with Crippen molar-refractivity contribution in [3.05, 3.63) is 54.6 Å². The van der Waals surface area contributed by atoms with Crippen LogP contribution in [-0.2, 0) is 21.3 Å². The van der Waals surface area contributed by atoms with Gasteiger partial charge in [0.1, 0.15) is 16.9 Å². The topological polar surface area (TPSA) is 74.3 Å². The molecular weight excluding hydrogens is 287 g/mol. The van der Waals surface area contributed by atoms with E-state index in [1.807, 2.05) is 12.9 Å². The van der Waals surface area contributed by atoms with Crippen LogP contribution < -0.4 is 29.6 Å². The maximum absolute atomic E-state index is 11.4. The first-order valence-corrected chi connectivity index (χ1v) is 6.81. The van der Waals surface area contributed by atoms with Gasteiger partial charge in [-0.3, -0.25) is 0 Å². The fourth-order valence-corrected chi connectivity index (χ4v) is 2.83. The van der Waals surface area contributed by atoms with Crippen LogP contribution in [0.25, 0.3) is 10.8 Å². The normalized spacial score (nSPS) is 10.1. The van der Waals surface area contributed by atoms with Crippen molar-refractivity contribution in [1.82, 2.24) is 0 Å². The largest absolute Gasteiger partial charge is 1.00 e. The molecule has 0 spiro atoms. The third-order valence-electron chi connectivity index (χ3n) is 2.58. The molecule has 0 heterocycles. The molecule has 0 unspecified atom stereocenters. The summed E-state index contributed by atoms with van der Waals surface area (Å²) in [5.74, 6) is 0. The predicted molar refractivity (Wildman–Crippen MR) is 72.9 cm³/mol. The smallest absolute Gasteiger partial charge is 0.744 e. The summed E-state index contributed by atoms with van der Waals surface area (Å²) in [5, 5.41) is 1.22. The Kier molecular flexibility index (Phi) is 7.93. The van der Waals surface area contributed by atoms with E-state index in [-0.39, 0.29) is 34.5 Å². The standard InChI is InChI=1S/C13H12O3S.CH2O.Na/c1-2-5-11-9-8-10-6-3-4-7-12(10)13(11)17(14,15)16;1-2;/h2-4,6-9H,1,5H2,(H,14,15,16);1H2;/q;;+1/p-1. The molecule has 100 valence electrons. The molecule has 20 heavy (non-hydrogen) atoms. The maximum atomic E-state index is 11.4. The third kappa shape index (κ3) is 4.26. The summed E-state index contributed by atoms with van der Waals surface area (Å²) in [6.45, 7) is 5.56. The van der Waals surface area contributed by atoms with Gasteiger partial charge in [-0.25, -0.2) is 8.42 Å². The van der Waals surface area contributed by atoms with Crippen LogP contribution in [0.5, 0.6) is 0 Å². The molecule has 0 aliphatic carbocycles. The molecule has 6 heteroatoms. The van der Waals surface area contributed by atoms with E-state index in [2.05, 4.69) is 6.58 Å². The molecule has 0 aliphatic rings. The molecule has 2 aromatic carbocycles. The van der Waals surface area contributed by atoms with Crippen molar-refractivity contribution < 1.29 is 47.3 Å². The van der Waals surface area contributed by atoms with E-state index in [1.165, 1.54) is 0 Å². The van der Waals surface area contributed by atoms with E-state index >= 15 is 0 Å². The van der Waals surface area contributed by atoms with Crippen molar-refractivity contribution in [2.75, 3.05) is 0 Å². The number of benzene rings is 2. The summed E-state index contributed by atoms with van der Waals surface area (Å²) >= 11 is 0. The first-order valence-electron chi connectivity index (χ1n) is 5.40.